The average molecular weight is 349 g/mol. The van der Waals surface area contributed by atoms with E-state index in [2.05, 4.69) is 6.07 Å². The zero-order chi connectivity index (χ0) is 18.5. The van der Waals surface area contributed by atoms with Crippen LogP contribution < -0.4 is 0 Å². The van der Waals surface area contributed by atoms with Gasteiger partial charge in [-0.3, -0.25) is 9.59 Å². The second-order valence-electron chi connectivity index (χ2n) is 6.76. The van der Waals surface area contributed by atoms with Crippen molar-refractivity contribution in [2.24, 2.45) is 5.92 Å². The van der Waals surface area contributed by atoms with Crippen LogP contribution in [0.25, 0.3) is 10.8 Å². The van der Waals surface area contributed by atoms with Crippen LogP contribution in [-0.4, -0.2) is 48.3 Å². The molecule has 0 N–H and O–H groups in total. The summed E-state index contributed by atoms with van der Waals surface area (Å²) in [5, 5.41) is 10.7. The van der Waals surface area contributed by atoms with Gasteiger partial charge in [-0.1, -0.05) is 36.4 Å². The van der Waals surface area contributed by atoms with E-state index in [1.807, 2.05) is 47.4 Å². The molecule has 134 valence electrons. The summed E-state index contributed by atoms with van der Waals surface area (Å²) in [6.45, 7) is 1.64. The normalized spacial score (nSPS) is 14.8. The third-order valence-electron chi connectivity index (χ3n) is 5.09. The summed E-state index contributed by atoms with van der Waals surface area (Å²) in [7, 11) is 1.74. The minimum Gasteiger partial charge on any atom is -0.344 e. The number of piperidine rings is 1. The zero-order valence-electron chi connectivity index (χ0n) is 15.0. The SMILES string of the molecule is CN(CCC#N)C(=O)C1CCN(C(=O)c2cccc3ccccc23)CC1. The minimum absolute atomic E-state index is 0.0329. The predicted octanol–water partition coefficient (Wildman–Crippen LogP) is 3.06. The molecule has 0 aliphatic carbocycles. The van der Waals surface area contributed by atoms with E-state index in [1.165, 1.54) is 0 Å². The Bertz CT molecular complexity index is 842. The van der Waals surface area contributed by atoms with E-state index in [0.29, 0.717) is 38.9 Å². The number of amides is 2. The molecular weight excluding hydrogens is 326 g/mol. The number of carbonyl (C=O) groups is 2. The van der Waals surface area contributed by atoms with Crippen LogP contribution in [0.4, 0.5) is 0 Å². The quantitative estimate of drug-likeness (QED) is 0.852. The number of hydrogen-bond acceptors (Lipinski definition) is 3. The van der Waals surface area contributed by atoms with Crippen molar-refractivity contribution in [3.05, 3.63) is 48.0 Å². The predicted molar refractivity (Wildman–Crippen MR) is 100 cm³/mol. The van der Waals surface area contributed by atoms with Gasteiger partial charge in [0.1, 0.15) is 0 Å². The van der Waals surface area contributed by atoms with Gasteiger partial charge in [0.15, 0.2) is 0 Å². The maximum absolute atomic E-state index is 13.0. The first-order chi connectivity index (χ1) is 12.6. The Morgan fingerprint density at radius 1 is 1.15 bits per heavy atom. The largest absolute Gasteiger partial charge is 0.344 e. The van der Waals surface area contributed by atoms with Crippen LogP contribution >= 0.6 is 0 Å². The van der Waals surface area contributed by atoms with Gasteiger partial charge in [0.2, 0.25) is 5.91 Å². The van der Waals surface area contributed by atoms with Gasteiger partial charge in [-0.15, -0.1) is 0 Å². The molecule has 0 aromatic heterocycles. The van der Waals surface area contributed by atoms with Gasteiger partial charge in [0, 0.05) is 38.2 Å². The monoisotopic (exact) mass is 349 g/mol. The van der Waals surface area contributed by atoms with Gasteiger partial charge < -0.3 is 9.80 Å². The first-order valence-electron chi connectivity index (χ1n) is 9.01. The molecule has 0 saturated carbocycles. The van der Waals surface area contributed by atoms with Gasteiger partial charge in [0.25, 0.3) is 5.91 Å². The molecule has 1 aliphatic rings. The summed E-state index contributed by atoms with van der Waals surface area (Å²) < 4.78 is 0. The highest BCUT2D eigenvalue weighted by atomic mass is 16.2. The molecule has 2 aromatic carbocycles. The first kappa shape index (κ1) is 17.9. The lowest BCUT2D eigenvalue weighted by molar-refractivity contribution is -0.135. The summed E-state index contributed by atoms with van der Waals surface area (Å²) in [5.74, 6) is 0.0540. The Balaban J connectivity index is 1.65. The van der Waals surface area contributed by atoms with Crippen LogP contribution in [0.2, 0.25) is 0 Å². The van der Waals surface area contributed by atoms with E-state index < -0.39 is 0 Å². The summed E-state index contributed by atoms with van der Waals surface area (Å²) in [5.41, 5.74) is 0.721. The highest BCUT2D eigenvalue weighted by Crippen LogP contribution is 2.24. The Hall–Kier alpha value is -2.87. The Morgan fingerprint density at radius 2 is 1.85 bits per heavy atom. The van der Waals surface area contributed by atoms with Gasteiger partial charge in [-0.05, 0) is 29.7 Å². The van der Waals surface area contributed by atoms with Crippen molar-refractivity contribution in [2.75, 3.05) is 26.7 Å². The van der Waals surface area contributed by atoms with Crippen molar-refractivity contribution < 1.29 is 9.59 Å². The number of rotatable bonds is 4. The van der Waals surface area contributed by atoms with Crippen LogP contribution in [0, 0.1) is 17.2 Å². The third kappa shape index (κ3) is 3.70. The van der Waals surface area contributed by atoms with Gasteiger partial charge in [-0.2, -0.15) is 5.26 Å². The molecule has 2 amide bonds. The van der Waals surface area contributed by atoms with Crippen LogP contribution in [0.3, 0.4) is 0 Å². The zero-order valence-corrected chi connectivity index (χ0v) is 15.0. The highest BCUT2D eigenvalue weighted by Gasteiger charge is 2.29. The summed E-state index contributed by atoms with van der Waals surface area (Å²) >= 11 is 0. The Labute approximate surface area is 153 Å². The lowest BCUT2D eigenvalue weighted by atomic mass is 9.94. The van der Waals surface area contributed by atoms with Gasteiger partial charge >= 0.3 is 0 Å². The van der Waals surface area contributed by atoms with Crippen LogP contribution in [0.1, 0.15) is 29.6 Å². The fraction of sp³-hybridized carbons (Fsp3) is 0.381. The number of benzene rings is 2. The number of fused-ring (bicyclic) bond motifs is 1. The molecule has 0 unspecified atom stereocenters. The van der Waals surface area contributed by atoms with Crippen LogP contribution in [0.5, 0.6) is 0 Å². The molecular formula is C21H23N3O2. The second-order valence-corrected chi connectivity index (χ2v) is 6.76. The van der Waals surface area contributed by atoms with Gasteiger partial charge in [0.05, 0.1) is 12.5 Å². The van der Waals surface area contributed by atoms with E-state index in [1.54, 1.807) is 11.9 Å². The number of carbonyl (C=O) groups excluding carboxylic acids is 2. The topological polar surface area (TPSA) is 64.4 Å². The number of nitrogens with zero attached hydrogens (tertiary/aromatic N) is 3. The molecule has 0 bridgehead atoms. The molecule has 1 aliphatic heterocycles. The molecule has 0 atom stereocenters. The second kappa shape index (κ2) is 8.01. The van der Waals surface area contributed by atoms with E-state index in [4.69, 9.17) is 5.26 Å². The first-order valence-corrected chi connectivity index (χ1v) is 9.01. The standard InChI is InChI=1S/C21H23N3O2/c1-23(13-5-12-22)20(25)17-10-14-24(15-11-17)21(26)19-9-4-7-16-6-2-3-8-18(16)19/h2-4,6-9,17H,5,10-11,13-15H2,1H3. The lowest BCUT2D eigenvalue weighted by Gasteiger charge is -2.33. The molecule has 26 heavy (non-hydrogen) atoms. The van der Waals surface area contributed by atoms with Crippen molar-refractivity contribution >= 4 is 22.6 Å². The summed E-state index contributed by atoms with van der Waals surface area (Å²) in [4.78, 5) is 28.9. The maximum Gasteiger partial charge on any atom is 0.254 e. The fourth-order valence-corrected chi connectivity index (χ4v) is 3.55. The summed E-state index contributed by atoms with van der Waals surface area (Å²) in [6, 6.07) is 15.8. The smallest absolute Gasteiger partial charge is 0.254 e. The average Bonchev–Trinajstić information content (AvgIpc) is 2.70. The minimum atomic E-state index is -0.0599. The molecule has 5 nitrogen and oxygen atoms in total. The Morgan fingerprint density at radius 3 is 2.58 bits per heavy atom. The highest BCUT2D eigenvalue weighted by molar-refractivity contribution is 6.07. The van der Waals surface area contributed by atoms with Crippen molar-refractivity contribution in [2.45, 2.75) is 19.3 Å². The number of hydrogen-bond donors (Lipinski definition) is 0. The number of nitriles is 1. The molecule has 1 fully saturated rings. The fourth-order valence-electron chi connectivity index (χ4n) is 3.55. The molecule has 0 spiro atoms. The van der Waals surface area contributed by atoms with Crippen LogP contribution in [0.15, 0.2) is 42.5 Å². The molecule has 2 aromatic rings. The molecule has 5 heteroatoms. The van der Waals surface area contributed by atoms with E-state index in [0.717, 1.165) is 16.3 Å². The van der Waals surface area contributed by atoms with Crippen molar-refractivity contribution in [3.8, 4) is 6.07 Å². The molecule has 1 heterocycles. The van der Waals surface area contributed by atoms with Crippen LogP contribution in [-0.2, 0) is 4.79 Å². The van der Waals surface area contributed by atoms with E-state index in [-0.39, 0.29) is 17.7 Å². The maximum atomic E-state index is 13.0. The van der Waals surface area contributed by atoms with Crippen molar-refractivity contribution in [1.82, 2.24) is 9.80 Å². The van der Waals surface area contributed by atoms with Crippen molar-refractivity contribution in [3.63, 3.8) is 0 Å². The van der Waals surface area contributed by atoms with E-state index >= 15 is 0 Å². The Kier molecular flexibility index (Phi) is 5.52. The van der Waals surface area contributed by atoms with Crippen molar-refractivity contribution in [1.29, 1.82) is 5.26 Å². The molecule has 0 radical (unpaired) electrons. The van der Waals surface area contributed by atoms with E-state index in [9.17, 15) is 9.59 Å². The number of likely N-dealkylation sites (tertiary alicyclic amines) is 1. The third-order valence-corrected chi connectivity index (χ3v) is 5.09. The molecule has 1 saturated heterocycles. The summed E-state index contributed by atoms with van der Waals surface area (Å²) in [6.07, 6.45) is 1.69. The lowest BCUT2D eigenvalue weighted by Crippen LogP contribution is -2.43. The molecule has 3 rings (SSSR count). The van der Waals surface area contributed by atoms with Gasteiger partial charge in [-0.25, -0.2) is 0 Å².